The minimum absolute atomic E-state index is 0.0212. The number of rotatable bonds is 4. The van der Waals surface area contributed by atoms with Gasteiger partial charge in [0.1, 0.15) is 0 Å². The second-order valence-electron chi connectivity index (χ2n) is 5.32. The third kappa shape index (κ3) is 4.19. The van der Waals surface area contributed by atoms with Crippen LogP contribution in [0.1, 0.15) is 30.3 Å². The Balaban J connectivity index is 1.97. The molecule has 0 spiro atoms. The largest absolute Gasteiger partial charge is 0.469 e. The van der Waals surface area contributed by atoms with Crippen LogP contribution in [0.5, 0.6) is 0 Å². The van der Waals surface area contributed by atoms with E-state index in [1.165, 1.54) is 12.0 Å². The molecule has 0 aromatic carbocycles. The standard InChI is InChI=1S/C15H24N4O2S/c1-4-16-15(17-9-13-11(2)18-10-22-13)19-7-5-12(6-8-19)14(20)21-3/h10,12H,4-9H2,1-3H3,(H,16,17). The molecule has 6 nitrogen and oxygen atoms in total. The van der Waals surface area contributed by atoms with Gasteiger partial charge < -0.3 is 15.0 Å². The monoisotopic (exact) mass is 324 g/mol. The van der Waals surface area contributed by atoms with Crippen molar-refractivity contribution in [3.05, 3.63) is 16.1 Å². The van der Waals surface area contributed by atoms with E-state index in [0.29, 0.717) is 6.54 Å². The summed E-state index contributed by atoms with van der Waals surface area (Å²) in [5, 5.41) is 3.34. The van der Waals surface area contributed by atoms with E-state index >= 15 is 0 Å². The van der Waals surface area contributed by atoms with Gasteiger partial charge in [-0.15, -0.1) is 11.3 Å². The van der Waals surface area contributed by atoms with Crippen molar-refractivity contribution in [3.8, 4) is 0 Å². The van der Waals surface area contributed by atoms with Gasteiger partial charge >= 0.3 is 5.97 Å². The molecule has 2 rings (SSSR count). The lowest BCUT2D eigenvalue weighted by Crippen LogP contribution is -2.46. The van der Waals surface area contributed by atoms with Crippen molar-refractivity contribution in [1.82, 2.24) is 15.2 Å². The molecule has 0 amide bonds. The van der Waals surface area contributed by atoms with E-state index < -0.39 is 0 Å². The van der Waals surface area contributed by atoms with E-state index in [-0.39, 0.29) is 11.9 Å². The fourth-order valence-electron chi connectivity index (χ4n) is 2.54. The molecular weight excluding hydrogens is 300 g/mol. The van der Waals surface area contributed by atoms with Crippen LogP contribution in [-0.2, 0) is 16.1 Å². The Kier molecular flexibility index (Phi) is 6.18. The maximum atomic E-state index is 11.6. The van der Waals surface area contributed by atoms with Crippen molar-refractivity contribution in [2.45, 2.75) is 33.2 Å². The Morgan fingerprint density at radius 3 is 2.82 bits per heavy atom. The number of likely N-dealkylation sites (tertiary alicyclic amines) is 1. The molecule has 0 atom stereocenters. The van der Waals surface area contributed by atoms with Crippen LogP contribution >= 0.6 is 11.3 Å². The van der Waals surface area contributed by atoms with Crippen LogP contribution in [0.4, 0.5) is 0 Å². The van der Waals surface area contributed by atoms with Crippen molar-refractivity contribution in [2.24, 2.45) is 10.9 Å². The number of carbonyl (C=O) groups is 1. The van der Waals surface area contributed by atoms with Crippen molar-refractivity contribution in [2.75, 3.05) is 26.7 Å². The SMILES string of the molecule is CCNC(=NCc1scnc1C)N1CCC(C(=O)OC)CC1. The lowest BCUT2D eigenvalue weighted by Gasteiger charge is -2.33. The predicted molar refractivity (Wildman–Crippen MR) is 88.0 cm³/mol. The number of methoxy groups -OCH3 is 1. The number of piperidine rings is 1. The van der Waals surface area contributed by atoms with Crippen LogP contribution in [0, 0.1) is 12.8 Å². The molecule has 1 aliphatic rings. The molecule has 2 heterocycles. The molecule has 122 valence electrons. The van der Waals surface area contributed by atoms with Crippen LogP contribution in [0.25, 0.3) is 0 Å². The van der Waals surface area contributed by atoms with Gasteiger partial charge in [0.05, 0.1) is 30.8 Å². The predicted octanol–water partition coefficient (Wildman–Crippen LogP) is 1.80. The lowest BCUT2D eigenvalue weighted by atomic mass is 9.97. The van der Waals surface area contributed by atoms with E-state index in [1.807, 2.05) is 12.4 Å². The maximum Gasteiger partial charge on any atom is 0.308 e. The van der Waals surface area contributed by atoms with Crippen LogP contribution in [0.2, 0.25) is 0 Å². The molecule has 0 saturated carbocycles. The van der Waals surface area contributed by atoms with E-state index in [1.54, 1.807) is 11.3 Å². The highest BCUT2D eigenvalue weighted by molar-refractivity contribution is 7.09. The fraction of sp³-hybridized carbons (Fsp3) is 0.667. The Bertz CT molecular complexity index is 521. The van der Waals surface area contributed by atoms with E-state index in [9.17, 15) is 4.79 Å². The van der Waals surface area contributed by atoms with E-state index in [0.717, 1.165) is 44.1 Å². The van der Waals surface area contributed by atoms with Gasteiger partial charge in [-0.1, -0.05) is 0 Å². The molecule has 1 fully saturated rings. The molecule has 1 aromatic rings. The number of aryl methyl sites for hydroxylation is 1. The number of aliphatic imine (C=N–C) groups is 1. The molecule has 0 radical (unpaired) electrons. The van der Waals surface area contributed by atoms with Gasteiger partial charge in [-0.05, 0) is 26.7 Å². The molecule has 1 aliphatic heterocycles. The normalized spacial score (nSPS) is 16.7. The van der Waals surface area contributed by atoms with E-state index in [4.69, 9.17) is 9.73 Å². The summed E-state index contributed by atoms with van der Waals surface area (Å²) >= 11 is 1.64. The number of thiazole rings is 1. The quantitative estimate of drug-likeness (QED) is 0.520. The fourth-order valence-corrected chi connectivity index (χ4v) is 3.24. The number of esters is 1. The highest BCUT2D eigenvalue weighted by Gasteiger charge is 2.26. The summed E-state index contributed by atoms with van der Waals surface area (Å²) in [6.45, 7) is 7.21. The van der Waals surface area contributed by atoms with Gasteiger partial charge in [-0.3, -0.25) is 4.79 Å². The average Bonchev–Trinajstić information content (AvgIpc) is 2.96. The van der Waals surface area contributed by atoms with Crippen molar-refractivity contribution >= 4 is 23.3 Å². The summed E-state index contributed by atoms with van der Waals surface area (Å²) in [6.07, 6.45) is 1.63. The third-order valence-electron chi connectivity index (χ3n) is 3.88. The van der Waals surface area contributed by atoms with Crippen LogP contribution < -0.4 is 5.32 Å². The molecule has 1 N–H and O–H groups in total. The van der Waals surface area contributed by atoms with Gasteiger partial charge in [0.15, 0.2) is 5.96 Å². The Labute approximate surface area is 135 Å². The minimum Gasteiger partial charge on any atom is -0.469 e. The number of nitrogens with zero attached hydrogens (tertiary/aromatic N) is 3. The van der Waals surface area contributed by atoms with Gasteiger partial charge in [0, 0.05) is 24.5 Å². The highest BCUT2D eigenvalue weighted by atomic mass is 32.1. The van der Waals surface area contributed by atoms with Crippen molar-refractivity contribution in [3.63, 3.8) is 0 Å². The van der Waals surface area contributed by atoms with Gasteiger partial charge in [-0.2, -0.15) is 0 Å². The number of guanidine groups is 1. The van der Waals surface area contributed by atoms with E-state index in [2.05, 4.69) is 22.1 Å². The van der Waals surface area contributed by atoms with Gasteiger partial charge in [-0.25, -0.2) is 9.98 Å². The van der Waals surface area contributed by atoms with Crippen LogP contribution in [0.3, 0.4) is 0 Å². The van der Waals surface area contributed by atoms with Crippen molar-refractivity contribution in [1.29, 1.82) is 0 Å². The number of aromatic nitrogens is 1. The number of carbonyl (C=O) groups excluding carboxylic acids is 1. The summed E-state index contributed by atoms with van der Waals surface area (Å²) in [5.41, 5.74) is 2.91. The number of hydrogen-bond donors (Lipinski definition) is 1. The van der Waals surface area contributed by atoms with Gasteiger partial charge in [0.25, 0.3) is 0 Å². The number of nitrogens with one attached hydrogen (secondary N) is 1. The highest BCUT2D eigenvalue weighted by Crippen LogP contribution is 2.19. The summed E-state index contributed by atoms with van der Waals surface area (Å²) < 4.78 is 4.83. The molecule has 1 saturated heterocycles. The minimum atomic E-state index is -0.0955. The first-order valence-electron chi connectivity index (χ1n) is 7.65. The second kappa shape index (κ2) is 8.12. The third-order valence-corrected chi connectivity index (χ3v) is 4.80. The molecule has 0 bridgehead atoms. The zero-order chi connectivity index (χ0) is 15.9. The zero-order valence-electron chi connectivity index (χ0n) is 13.5. The smallest absolute Gasteiger partial charge is 0.308 e. The molecule has 22 heavy (non-hydrogen) atoms. The zero-order valence-corrected chi connectivity index (χ0v) is 14.3. The number of hydrogen-bond acceptors (Lipinski definition) is 5. The maximum absolute atomic E-state index is 11.6. The summed E-state index contributed by atoms with van der Waals surface area (Å²) in [7, 11) is 1.46. The first-order chi connectivity index (χ1) is 10.7. The Morgan fingerprint density at radius 2 is 2.27 bits per heavy atom. The van der Waals surface area contributed by atoms with Crippen LogP contribution in [0.15, 0.2) is 10.5 Å². The molecular formula is C15H24N4O2S. The first kappa shape index (κ1) is 16.7. The molecule has 0 unspecified atom stereocenters. The molecule has 7 heteroatoms. The second-order valence-corrected chi connectivity index (χ2v) is 6.25. The molecule has 0 aliphatic carbocycles. The lowest BCUT2D eigenvalue weighted by molar-refractivity contribution is -0.146. The average molecular weight is 324 g/mol. The Morgan fingerprint density at radius 1 is 1.55 bits per heavy atom. The summed E-state index contributed by atoms with van der Waals surface area (Å²) in [6, 6.07) is 0. The summed E-state index contributed by atoms with van der Waals surface area (Å²) in [4.78, 5) is 24.0. The topological polar surface area (TPSA) is 66.8 Å². The van der Waals surface area contributed by atoms with Crippen molar-refractivity contribution < 1.29 is 9.53 Å². The molecule has 1 aromatic heterocycles. The first-order valence-corrected chi connectivity index (χ1v) is 8.53. The van der Waals surface area contributed by atoms with Crippen LogP contribution in [-0.4, -0.2) is 48.6 Å². The summed E-state index contributed by atoms with van der Waals surface area (Å²) in [5.74, 6) is 0.841. The Hall–Kier alpha value is -1.63. The number of ether oxygens (including phenoxy) is 1. The van der Waals surface area contributed by atoms with Gasteiger partial charge in [0.2, 0.25) is 0 Å².